The lowest BCUT2D eigenvalue weighted by molar-refractivity contribution is 0.0277. The number of halogens is 1. The Morgan fingerprint density at radius 1 is 1.13 bits per heavy atom. The number of nitrogens with zero attached hydrogens (tertiary/aromatic N) is 3. The minimum absolute atomic E-state index is 0. The molecule has 0 spiro atoms. The van der Waals surface area contributed by atoms with Crippen molar-refractivity contribution >= 4 is 35.8 Å². The predicted octanol–water partition coefficient (Wildman–Crippen LogP) is 4.48. The standard InChI is InChI=1S/C23H39N5O.HI/c1-2-24-23(26-13-9-17-29-21-10-5-3-6-11-21)27-19-20-12-14-25-22(18-20)28-15-7-4-8-16-28;/h12,14,18,21H,2-11,13,15-17,19H2,1H3,(H2,24,26,27);1H. The molecule has 2 N–H and O–H groups in total. The molecule has 6 nitrogen and oxygen atoms in total. The van der Waals surface area contributed by atoms with E-state index in [9.17, 15) is 0 Å². The molecule has 0 radical (unpaired) electrons. The van der Waals surface area contributed by atoms with Gasteiger partial charge in [0.25, 0.3) is 0 Å². The third-order valence-electron chi connectivity index (χ3n) is 5.77. The molecule has 1 aromatic rings. The molecule has 1 aliphatic carbocycles. The van der Waals surface area contributed by atoms with Crippen molar-refractivity contribution in [2.45, 2.75) is 77.4 Å². The summed E-state index contributed by atoms with van der Waals surface area (Å²) in [6.45, 7) is 7.58. The first kappa shape index (κ1) is 25.2. The van der Waals surface area contributed by atoms with Gasteiger partial charge in [-0.25, -0.2) is 9.98 Å². The molecule has 2 aliphatic rings. The van der Waals surface area contributed by atoms with Crippen molar-refractivity contribution in [3.05, 3.63) is 23.9 Å². The smallest absolute Gasteiger partial charge is 0.191 e. The average molecular weight is 530 g/mol. The Kier molecular flexibility index (Phi) is 12.4. The van der Waals surface area contributed by atoms with Crippen molar-refractivity contribution in [2.75, 3.05) is 37.7 Å². The van der Waals surface area contributed by atoms with E-state index in [1.807, 2.05) is 6.20 Å². The molecule has 0 aromatic carbocycles. The van der Waals surface area contributed by atoms with E-state index >= 15 is 0 Å². The summed E-state index contributed by atoms with van der Waals surface area (Å²) >= 11 is 0. The number of aliphatic imine (C=N–C) groups is 1. The van der Waals surface area contributed by atoms with Crippen LogP contribution in [0, 0.1) is 0 Å². The Hall–Kier alpha value is -1.09. The molecule has 170 valence electrons. The van der Waals surface area contributed by atoms with Crippen LogP contribution >= 0.6 is 24.0 Å². The summed E-state index contributed by atoms with van der Waals surface area (Å²) < 4.78 is 6.01. The van der Waals surface area contributed by atoms with Crippen LogP contribution in [0.3, 0.4) is 0 Å². The van der Waals surface area contributed by atoms with E-state index in [4.69, 9.17) is 9.73 Å². The molecule has 0 atom stereocenters. The number of hydrogen-bond donors (Lipinski definition) is 2. The van der Waals surface area contributed by atoms with Crippen LogP contribution in [-0.2, 0) is 11.3 Å². The fraction of sp³-hybridized carbons (Fsp3) is 0.739. The Morgan fingerprint density at radius 3 is 2.67 bits per heavy atom. The normalized spacial score (nSPS) is 18.0. The first-order valence-electron chi connectivity index (χ1n) is 11.7. The van der Waals surface area contributed by atoms with Gasteiger partial charge in [0.05, 0.1) is 12.6 Å². The fourth-order valence-corrected chi connectivity index (χ4v) is 4.13. The topological polar surface area (TPSA) is 61.8 Å². The molecule has 2 heterocycles. The highest BCUT2D eigenvalue weighted by molar-refractivity contribution is 14.0. The average Bonchev–Trinajstić information content (AvgIpc) is 2.78. The maximum atomic E-state index is 6.01. The van der Waals surface area contributed by atoms with Crippen molar-refractivity contribution < 1.29 is 4.74 Å². The van der Waals surface area contributed by atoms with E-state index < -0.39 is 0 Å². The monoisotopic (exact) mass is 529 g/mol. The lowest BCUT2D eigenvalue weighted by Gasteiger charge is -2.27. The Morgan fingerprint density at radius 2 is 1.90 bits per heavy atom. The van der Waals surface area contributed by atoms with Crippen LogP contribution in [0.15, 0.2) is 23.3 Å². The summed E-state index contributed by atoms with van der Waals surface area (Å²) in [7, 11) is 0. The molecule has 2 fully saturated rings. The van der Waals surface area contributed by atoms with Crippen LogP contribution < -0.4 is 15.5 Å². The number of nitrogens with one attached hydrogen (secondary N) is 2. The first-order valence-corrected chi connectivity index (χ1v) is 11.7. The number of pyridine rings is 1. The summed E-state index contributed by atoms with van der Waals surface area (Å²) in [5.41, 5.74) is 1.21. The van der Waals surface area contributed by atoms with Gasteiger partial charge in [-0.05, 0) is 63.1 Å². The van der Waals surface area contributed by atoms with Crippen LogP contribution in [-0.4, -0.2) is 49.8 Å². The van der Waals surface area contributed by atoms with Gasteiger partial charge in [-0.3, -0.25) is 0 Å². The van der Waals surface area contributed by atoms with Gasteiger partial charge >= 0.3 is 0 Å². The number of guanidine groups is 1. The number of aromatic nitrogens is 1. The second-order valence-corrected chi connectivity index (χ2v) is 8.18. The molecule has 1 aromatic heterocycles. The SMILES string of the molecule is CCNC(=NCc1ccnc(N2CCCCC2)c1)NCCCOC1CCCCC1.I. The van der Waals surface area contributed by atoms with Gasteiger partial charge in [-0.15, -0.1) is 24.0 Å². The molecule has 30 heavy (non-hydrogen) atoms. The summed E-state index contributed by atoms with van der Waals surface area (Å²) in [5.74, 6) is 1.97. The zero-order chi connectivity index (χ0) is 20.2. The van der Waals surface area contributed by atoms with E-state index in [2.05, 4.69) is 39.6 Å². The highest BCUT2D eigenvalue weighted by atomic mass is 127. The van der Waals surface area contributed by atoms with Gasteiger partial charge in [0.1, 0.15) is 5.82 Å². The third kappa shape index (κ3) is 8.96. The highest BCUT2D eigenvalue weighted by Crippen LogP contribution is 2.20. The van der Waals surface area contributed by atoms with Gasteiger partial charge in [-0.1, -0.05) is 19.3 Å². The number of ether oxygens (including phenoxy) is 1. The van der Waals surface area contributed by atoms with Gasteiger partial charge < -0.3 is 20.3 Å². The number of anilines is 1. The Labute approximate surface area is 199 Å². The van der Waals surface area contributed by atoms with Crippen molar-refractivity contribution in [1.29, 1.82) is 0 Å². The molecule has 1 aliphatic heterocycles. The maximum absolute atomic E-state index is 6.01. The zero-order valence-electron chi connectivity index (χ0n) is 18.6. The van der Waals surface area contributed by atoms with Gasteiger partial charge in [-0.2, -0.15) is 0 Å². The third-order valence-corrected chi connectivity index (χ3v) is 5.77. The highest BCUT2D eigenvalue weighted by Gasteiger charge is 2.13. The lowest BCUT2D eigenvalue weighted by Crippen LogP contribution is -2.38. The largest absolute Gasteiger partial charge is 0.378 e. The van der Waals surface area contributed by atoms with E-state index in [1.54, 1.807) is 0 Å². The summed E-state index contributed by atoms with van der Waals surface area (Å²) in [6, 6.07) is 4.26. The predicted molar refractivity (Wildman–Crippen MR) is 136 cm³/mol. The Bertz CT molecular complexity index is 615. The van der Waals surface area contributed by atoms with Crippen LogP contribution in [0.5, 0.6) is 0 Å². The number of piperidine rings is 1. The van der Waals surface area contributed by atoms with E-state index in [0.717, 1.165) is 51.0 Å². The number of rotatable bonds is 9. The molecular formula is C23H40IN5O. The summed E-state index contributed by atoms with van der Waals surface area (Å²) in [5, 5.41) is 6.78. The molecular weight excluding hydrogens is 489 g/mol. The lowest BCUT2D eigenvalue weighted by atomic mass is 9.98. The second kappa shape index (κ2) is 14.8. The van der Waals surface area contributed by atoms with Crippen molar-refractivity contribution in [3.8, 4) is 0 Å². The van der Waals surface area contributed by atoms with Crippen LogP contribution in [0.4, 0.5) is 5.82 Å². The van der Waals surface area contributed by atoms with Gasteiger partial charge in [0.2, 0.25) is 0 Å². The molecule has 7 heteroatoms. The molecule has 3 rings (SSSR count). The zero-order valence-corrected chi connectivity index (χ0v) is 20.9. The molecule has 1 saturated carbocycles. The minimum Gasteiger partial charge on any atom is -0.378 e. The number of hydrogen-bond acceptors (Lipinski definition) is 4. The van der Waals surface area contributed by atoms with Crippen LogP contribution in [0.1, 0.15) is 70.3 Å². The fourth-order valence-electron chi connectivity index (χ4n) is 4.13. The van der Waals surface area contributed by atoms with Gasteiger partial charge in [0.15, 0.2) is 5.96 Å². The summed E-state index contributed by atoms with van der Waals surface area (Å²) in [4.78, 5) is 11.7. The van der Waals surface area contributed by atoms with Gasteiger partial charge in [0, 0.05) is 39.0 Å². The summed E-state index contributed by atoms with van der Waals surface area (Å²) in [6.07, 6.45) is 13.8. The quantitative estimate of drug-likeness (QED) is 0.214. The van der Waals surface area contributed by atoms with E-state index in [-0.39, 0.29) is 24.0 Å². The van der Waals surface area contributed by atoms with Crippen molar-refractivity contribution in [3.63, 3.8) is 0 Å². The van der Waals surface area contributed by atoms with E-state index in [1.165, 1.54) is 56.9 Å². The molecule has 0 amide bonds. The van der Waals surface area contributed by atoms with Crippen molar-refractivity contribution in [1.82, 2.24) is 15.6 Å². The minimum atomic E-state index is 0. The van der Waals surface area contributed by atoms with Crippen LogP contribution in [0.25, 0.3) is 0 Å². The molecule has 0 unspecified atom stereocenters. The second-order valence-electron chi connectivity index (χ2n) is 8.18. The van der Waals surface area contributed by atoms with Crippen molar-refractivity contribution in [2.24, 2.45) is 4.99 Å². The first-order chi connectivity index (χ1) is 14.3. The molecule has 1 saturated heterocycles. The van der Waals surface area contributed by atoms with Crippen LogP contribution in [0.2, 0.25) is 0 Å². The Balaban J connectivity index is 0.00000320. The maximum Gasteiger partial charge on any atom is 0.191 e. The molecule has 0 bridgehead atoms. The van der Waals surface area contributed by atoms with E-state index in [0.29, 0.717) is 12.6 Å².